The number of likely N-dealkylation sites (tertiary alicyclic amines) is 1. The van der Waals surface area contributed by atoms with E-state index in [9.17, 15) is 4.79 Å². The van der Waals surface area contributed by atoms with Gasteiger partial charge in [0.2, 0.25) is 5.89 Å². The van der Waals surface area contributed by atoms with E-state index in [1.165, 1.54) is 11.1 Å². The quantitative estimate of drug-likeness (QED) is 0.701. The van der Waals surface area contributed by atoms with E-state index in [2.05, 4.69) is 29.3 Å². The highest BCUT2D eigenvalue weighted by atomic mass is 32.2. The number of thioether (sulfide) groups is 1. The molecule has 1 aromatic carbocycles. The van der Waals surface area contributed by atoms with Crippen LogP contribution >= 0.6 is 11.8 Å². The first kappa shape index (κ1) is 19.7. The van der Waals surface area contributed by atoms with Crippen LogP contribution in [0.15, 0.2) is 33.9 Å². The molecule has 0 atom stereocenters. The second-order valence-corrected chi connectivity index (χ2v) is 8.79. The van der Waals surface area contributed by atoms with Gasteiger partial charge in [0.1, 0.15) is 5.60 Å². The summed E-state index contributed by atoms with van der Waals surface area (Å²) in [6.07, 6.45) is 1.37. The standard InChI is InChI=1S/C20H27N3O3S/c1-14-7-5-6-8-16(14)13-27-18-22-21-17(25-18)15-9-11-23(12-10-15)19(24)26-20(2,3)4/h5-8,15H,9-13H2,1-4H3. The van der Waals surface area contributed by atoms with Gasteiger partial charge in [-0.3, -0.25) is 0 Å². The Kier molecular flexibility index (Phi) is 6.09. The van der Waals surface area contributed by atoms with Crippen LogP contribution in [0.25, 0.3) is 0 Å². The number of nitrogens with zero attached hydrogens (tertiary/aromatic N) is 3. The first-order valence-electron chi connectivity index (χ1n) is 9.30. The van der Waals surface area contributed by atoms with Crippen LogP contribution in [0, 0.1) is 6.92 Å². The maximum absolute atomic E-state index is 12.2. The number of piperidine rings is 1. The smallest absolute Gasteiger partial charge is 0.410 e. The number of hydrogen-bond acceptors (Lipinski definition) is 6. The molecule has 1 saturated heterocycles. The van der Waals surface area contributed by atoms with Gasteiger partial charge in [0.05, 0.1) is 0 Å². The molecule has 0 N–H and O–H groups in total. The molecule has 0 unspecified atom stereocenters. The molecule has 1 aromatic heterocycles. The summed E-state index contributed by atoms with van der Waals surface area (Å²) in [5.74, 6) is 1.68. The fraction of sp³-hybridized carbons (Fsp3) is 0.550. The average molecular weight is 390 g/mol. The molecule has 0 saturated carbocycles. The van der Waals surface area contributed by atoms with Gasteiger partial charge in [-0.25, -0.2) is 4.79 Å². The van der Waals surface area contributed by atoms with Gasteiger partial charge in [0.15, 0.2) is 0 Å². The average Bonchev–Trinajstić information content (AvgIpc) is 3.09. The number of carbonyl (C=O) groups excluding carboxylic acids is 1. The summed E-state index contributed by atoms with van der Waals surface area (Å²) >= 11 is 1.56. The molecule has 146 valence electrons. The van der Waals surface area contributed by atoms with Crippen molar-refractivity contribution in [3.63, 3.8) is 0 Å². The van der Waals surface area contributed by atoms with Gasteiger partial charge < -0.3 is 14.1 Å². The lowest BCUT2D eigenvalue weighted by atomic mass is 9.97. The zero-order chi connectivity index (χ0) is 19.4. The highest BCUT2D eigenvalue weighted by molar-refractivity contribution is 7.98. The lowest BCUT2D eigenvalue weighted by molar-refractivity contribution is 0.0198. The summed E-state index contributed by atoms with van der Waals surface area (Å²) in [4.78, 5) is 13.9. The summed E-state index contributed by atoms with van der Waals surface area (Å²) in [6, 6.07) is 8.30. The Morgan fingerprint density at radius 2 is 1.96 bits per heavy atom. The van der Waals surface area contributed by atoms with Crippen LogP contribution in [0.1, 0.15) is 56.5 Å². The zero-order valence-electron chi connectivity index (χ0n) is 16.4. The van der Waals surface area contributed by atoms with Gasteiger partial charge in [0.25, 0.3) is 5.22 Å². The van der Waals surface area contributed by atoms with E-state index in [1.54, 1.807) is 16.7 Å². The molecule has 27 heavy (non-hydrogen) atoms. The van der Waals surface area contributed by atoms with Crippen molar-refractivity contribution in [2.45, 2.75) is 63.0 Å². The lowest BCUT2D eigenvalue weighted by Crippen LogP contribution is -2.41. The molecule has 1 aliphatic heterocycles. The Balaban J connectivity index is 1.51. The van der Waals surface area contributed by atoms with Crippen molar-refractivity contribution in [3.05, 3.63) is 41.3 Å². The minimum atomic E-state index is -0.469. The van der Waals surface area contributed by atoms with Crippen molar-refractivity contribution >= 4 is 17.9 Å². The van der Waals surface area contributed by atoms with E-state index in [4.69, 9.17) is 9.15 Å². The Morgan fingerprint density at radius 3 is 2.63 bits per heavy atom. The van der Waals surface area contributed by atoms with Crippen LogP contribution in [0.2, 0.25) is 0 Å². The number of rotatable bonds is 4. The van der Waals surface area contributed by atoms with Crippen molar-refractivity contribution in [2.24, 2.45) is 0 Å². The number of carbonyl (C=O) groups is 1. The zero-order valence-corrected chi connectivity index (χ0v) is 17.2. The predicted molar refractivity (Wildman–Crippen MR) is 105 cm³/mol. The van der Waals surface area contributed by atoms with Crippen LogP contribution in [0.3, 0.4) is 0 Å². The van der Waals surface area contributed by atoms with Crippen molar-refractivity contribution in [1.29, 1.82) is 0 Å². The molecule has 1 amide bonds. The molecule has 7 heteroatoms. The number of ether oxygens (including phenoxy) is 1. The molecule has 0 bridgehead atoms. The van der Waals surface area contributed by atoms with Crippen molar-refractivity contribution in [3.8, 4) is 0 Å². The number of aryl methyl sites for hydroxylation is 1. The fourth-order valence-electron chi connectivity index (χ4n) is 2.99. The maximum atomic E-state index is 12.2. The third kappa shape index (κ3) is 5.48. The summed E-state index contributed by atoms with van der Waals surface area (Å²) in [5.41, 5.74) is 2.07. The SMILES string of the molecule is Cc1ccccc1CSc1nnc(C2CCN(C(=O)OC(C)(C)C)CC2)o1. The molecule has 1 fully saturated rings. The van der Waals surface area contributed by atoms with Crippen LogP contribution in [0.4, 0.5) is 4.79 Å². The van der Waals surface area contributed by atoms with Gasteiger partial charge in [-0.1, -0.05) is 36.0 Å². The molecular formula is C20H27N3O3S. The Morgan fingerprint density at radius 1 is 1.26 bits per heavy atom. The van der Waals surface area contributed by atoms with E-state index >= 15 is 0 Å². The van der Waals surface area contributed by atoms with E-state index < -0.39 is 5.60 Å². The number of aromatic nitrogens is 2. The van der Waals surface area contributed by atoms with Crippen molar-refractivity contribution < 1.29 is 13.9 Å². The summed E-state index contributed by atoms with van der Waals surface area (Å²) in [6.45, 7) is 9.04. The summed E-state index contributed by atoms with van der Waals surface area (Å²) < 4.78 is 11.3. The fourth-order valence-corrected chi connectivity index (χ4v) is 3.84. The molecule has 3 rings (SSSR count). The maximum Gasteiger partial charge on any atom is 0.410 e. The monoisotopic (exact) mass is 389 g/mol. The molecule has 0 aliphatic carbocycles. The van der Waals surface area contributed by atoms with Gasteiger partial charge in [-0.05, 0) is 51.7 Å². The Bertz CT molecular complexity index is 777. The summed E-state index contributed by atoms with van der Waals surface area (Å²) in [7, 11) is 0. The predicted octanol–water partition coefficient (Wildman–Crippen LogP) is 4.78. The Hall–Kier alpha value is -2.02. The molecule has 2 aromatic rings. The molecule has 6 nitrogen and oxygen atoms in total. The normalized spacial score (nSPS) is 15.8. The van der Waals surface area contributed by atoms with Crippen LogP contribution in [0.5, 0.6) is 0 Å². The second-order valence-electron chi connectivity index (χ2n) is 7.86. The molecule has 0 radical (unpaired) electrons. The second kappa shape index (κ2) is 8.33. The molecular weight excluding hydrogens is 362 g/mol. The first-order chi connectivity index (χ1) is 12.8. The van der Waals surface area contributed by atoms with Crippen LogP contribution in [-0.4, -0.2) is 39.9 Å². The number of amides is 1. The minimum Gasteiger partial charge on any atom is -0.444 e. The van der Waals surface area contributed by atoms with E-state index in [1.807, 2.05) is 32.9 Å². The third-order valence-electron chi connectivity index (χ3n) is 4.53. The largest absolute Gasteiger partial charge is 0.444 e. The van der Waals surface area contributed by atoms with E-state index in [0.717, 1.165) is 18.6 Å². The minimum absolute atomic E-state index is 0.198. The van der Waals surface area contributed by atoms with Gasteiger partial charge >= 0.3 is 6.09 Å². The molecule has 2 heterocycles. The molecule has 1 aliphatic rings. The van der Waals surface area contributed by atoms with Gasteiger partial charge in [-0.15, -0.1) is 10.2 Å². The van der Waals surface area contributed by atoms with Crippen molar-refractivity contribution in [2.75, 3.05) is 13.1 Å². The summed E-state index contributed by atoms with van der Waals surface area (Å²) in [5, 5.41) is 9.01. The van der Waals surface area contributed by atoms with E-state index in [-0.39, 0.29) is 12.0 Å². The lowest BCUT2D eigenvalue weighted by Gasteiger charge is -2.32. The van der Waals surface area contributed by atoms with E-state index in [0.29, 0.717) is 24.2 Å². The van der Waals surface area contributed by atoms with Crippen LogP contribution in [-0.2, 0) is 10.5 Å². The number of benzene rings is 1. The molecule has 0 spiro atoms. The third-order valence-corrected chi connectivity index (χ3v) is 5.40. The van der Waals surface area contributed by atoms with Gasteiger partial charge in [-0.2, -0.15) is 0 Å². The van der Waals surface area contributed by atoms with Crippen molar-refractivity contribution in [1.82, 2.24) is 15.1 Å². The van der Waals surface area contributed by atoms with Crippen LogP contribution < -0.4 is 0 Å². The van der Waals surface area contributed by atoms with Gasteiger partial charge in [0, 0.05) is 24.8 Å². The Labute approximate surface area is 164 Å². The highest BCUT2D eigenvalue weighted by Crippen LogP contribution is 2.30. The highest BCUT2D eigenvalue weighted by Gasteiger charge is 2.29. The number of hydrogen-bond donors (Lipinski definition) is 0. The topological polar surface area (TPSA) is 68.5 Å². The first-order valence-corrected chi connectivity index (χ1v) is 10.3.